The maximum absolute atomic E-state index is 14.4. The summed E-state index contributed by atoms with van der Waals surface area (Å²) in [6.07, 6.45) is 2.92. The summed E-state index contributed by atoms with van der Waals surface area (Å²) in [5, 5.41) is 0.315. The van der Waals surface area contributed by atoms with Crippen molar-refractivity contribution in [2.45, 2.75) is 0 Å². The normalized spacial score (nSPS) is 11.1. The minimum atomic E-state index is -0.548. The molecular weight excluding hydrogens is 449 g/mol. The second-order valence-electron chi connectivity index (χ2n) is 6.43. The van der Waals surface area contributed by atoms with E-state index in [0.717, 1.165) is 14.7 Å². The fourth-order valence-corrected chi connectivity index (χ4v) is 3.22. The van der Waals surface area contributed by atoms with Gasteiger partial charge in [-0.1, -0.05) is 52.3 Å². The van der Waals surface area contributed by atoms with Crippen molar-refractivity contribution in [2.75, 3.05) is 5.43 Å². The molecule has 0 aliphatic rings. The predicted octanol–water partition coefficient (Wildman–Crippen LogP) is 4.75. The summed E-state index contributed by atoms with van der Waals surface area (Å²) in [5.74, 6) is -1.08. The molecule has 0 unspecified atom stereocenters. The molecule has 0 aliphatic carbocycles. The molecule has 4 rings (SSSR count). The van der Waals surface area contributed by atoms with E-state index in [0.29, 0.717) is 10.9 Å². The monoisotopic (exact) mass is 463 g/mol. The first kappa shape index (κ1) is 19.7. The lowest BCUT2D eigenvalue weighted by Gasteiger charge is -2.14. The molecule has 0 bridgehead atoms. The molecule has 0 fully saturated rings. The topological polar surface area (TPSA) is 64.0 Å². The van der Waals surface area contributed by atoms with Crippen LogP contribution in [0.25, 0.3) is 28.4 Å². The minimum absolute atomic E-state index is 0.0159. The van der Waals surface area contributed by atoms with E-state index in [1.807, 2.05) is 24.3 Å². The van der Waals surface area contributed by atoms with Gasteiger partial charge in [0.05, 0.1) is 16.5 Å². The molecule has 30 heavy (non-hydrogen) atoms. The number of para-hydroxylation sites is 1. The zero-order chi connectivity index (χ0) is 21.1. The van der Waals surface area contributed by atoms with E-state index in [1.165, 1.54) is 18.2 Å². The van der Waals surface area contributed by atoms with Gasteiger partial charge >= 0.3 is 0 Å². The number of hydrogen-bond acceptors (Lipinski definition) is 3. The third-order valence-electron chi connectivity index (χ3n) is 4.41. The van der Waals surface area contributed by atoms with Gasteiger partial charge in [0, 0.05) is 10.5 Å². The van der Waals surface area contributed by atoms with Crippen LogP contribution in [-0.4, -0.2) is 15.6 Å². The van der Waals surface area contributed by atoms with Gasteiger partial charge in [-0.05, 0) is 48.0 Å². The Labute approximate surface area is 179 Å². The van der Waals surface area contributed by atoms with Crippen molar-refractivity contribution >= 4 is 38.8 Å². The predicted molar refractivity (Wildman–Crippen MR) is 119 cm³/mol. The van der Waals surface area contributed by atoms with Gasteiger partial charge in [0.15, 0.2) is 5.82 Å². The second kappa shape index (κ2) is 8.42. The fourth-order valence-electron chi connectivity index (χ4n) is 2.95. The van der Waals surface area contributed by atoms with E-state index in [1.54, 1.807) is 42.5 Å². The van der Waals surface area contributed by atoms with Gasteiger partial charge in [-0.15, -0.1) is 0 Å². The first-order valence-electron chi connectivity index (χ1n) is 9.04. The zero-order valence-corrected chi connectivity index (χ0v) is 17.1. The highest BCUT2D eigenvalue weighted by molar-refractivity contribution is 9.10. The molecule has 1 aromatic heterocycles. The largest absolute Gasteiger partial charge is 0.280 e. The number of hydrogen-bond donors (Lipinski definition) is 1. The molecular formula is C23H15BrFN3O2. The van der Waals surface area contributed by atoms with Crippen molar-refractivity contribution in [3.8, 4) is 11.4 Å². The summed E-state index contributed by atoms with van der Waals surface area (Å²) in [7, 11) is 0. The summed E-state index contributed by atoms with van der Waals surface area (Å²) in [6, 6.07) is 20.1. The smallest absolute Gasteiger partial charge is 0.268 e. The maximum Gasteiger partial charge on any atom is 0.280 e. The number of halogens is 2. The Hall–Kier alpha value is -3.58. The van der Waals surface area contributed by atoms with Crippen molar-refractivity contribution in [3.63, 3.8) is 0 Å². The van der Waals surface area contributed by atoms with E-state index in [4.69, 9.17) is 0 Å². The van der Waals surface area contributed by atoms with Crippen LogP contribution >= 0.6 is 15.9 Å². The van der Waals surface area contributed by atoms with E-state index < -0.39 is 17.3 Å². The van der Waals surface area contributed by atoms with Gasteiger partial charge in [0.2, 0.25) is 0 Å². The number of nitrogens with one attached hydrogen (secondary N) is 1. The third-order valence-corrected chi connectivity index (χ3v) is 4.94. The van der Waals surface area contributed by atoms with Crippen molar-refractivity contribution in [2.24, 2.45) is 0 Å². The average Bonchev–Trinajstić information content (AvgIpc) is 2.76. The Balaban J connectivity index is 1.77. The number of fused-ring (bicyclic) bond motifs is 1. The Morgan fingerprint density at radius 2 is 1.70 bits per heavy atom. The molecule has 0 saturated carbocycles. The summed E-state index contributed by atoms with van der Waals surface area (Å²) in [6.45, 7) is 0. The number of nitrogens with zero attached hydrogens (tertiary/aromatic N) is 2. The first-order valence-corrected chi connectivity index (χ1v) is 9.83. The summed E-state index contributed by atoms with van der Waals surface area (Å²) in [5.41, 5.74) is 3.36. The van der Waals surface area contributed by atoms with Crippen LogP contribution in [0.15, 0.2) is 88.1 Å². The minimum Gasteiger partial charge on any atom is -0.268 e. The molecule has 0 atom stereocenters. The number of rotatable bonds is 4. The molecule has 7 heteroatoms. The van der Waals surface area contributed by atoms with Crippen LogP contribution in [0.4, 0.5) is 4.39 Å². The van der Waals surface area contributed by atoms with Gasteiger partial charge in [-0.2, -0.15) is 4.68 Å². The van der Waals surface area contributed by atoms with Crippen LogP contribution in [0.3, 0.4) is 0 Å². The van der Waals surface area contributed by atoms with Crippen molar-refractivity contribution < 1.29 is 9.18 Å². The highest BCUT2D eigenvalue weighted by atomic mass is 79.9. The van der Waals surface area contributed by atoms with Gasteiger partial charge in [0.1, 0.15) is 5.82 Å². The molecule has 0 aliphatic heterocycles. The zero-order valence-electron chi connectivity index (χ0n) is 15.5. The van der Waals surface area contributed by atoms with Crippen molar-refractivity contribution in [1.82, 2.24) is 9.66 Å². The molecule has 5 nitrogen and oxygen atoms in total. The number of aromatic nitrogens is 2. The lowest BCUT2D eigenvalue weighted by Crippen LogP contribution is -2.34. The second-order valence-corrected chi connectivity index (χ2v) is 7.35. The molecule has 3 aromatic carbocycles. The maximum atomic E-state index is 14.4. The van der Waals surface area contributed by atoms with E-state index in [-0.39, 0.29) is 11.4 Å². The molecule has 1 N–H and O–H groups in total. The number of carbonyl (C=O) groups is 1. The molecule has 0 spiro atoms. The van der Waals surface area contributed by atoms with E-state index >= 15 is 0 Å². The average molecular weight is 464 g/mol. The van der Waals surface area contributed by atoms with E-state index in [2.05, 4.69) is 26.3 Å². The number of carbonyl (C=O) groups excluding carboxylic acids is 1. The molecule has 0 saturated heterocycles. The van der Waals surface area contributed by atoms with Crippen molar-refractivity contribution in [3.05, 3.63) is 105 Å². The summed E-state index contributed by atoms with van der Waals surface area (Å²) in [4.78, 5) is 30.0. The summed E-state index contributed by atoms with van der Waals surface area (Å²) >= 11 is 3.35. The van der Waals surface area contributed by atoms with Crippen LogP contribution in [0.1, 0.15) is 5.56 Å². The van der Waals surface area contributed by atoms with Crippen molar-refractivity contribution in [1.29, 1.82) is 0 Å². The fraction of sp³-hybridized carbons (Fsp3) is 0. The highest BCUT2D eigenvalue weighted by Gasteiger charge is 2.16. The highest BCUT2D eigenvalue weighted by Crippen LogP contribution is 2.21. The Morgan fingerprint density at radius 3 is 2.47 bits per heavy atom. The van der Waals surface area contributed by atoms with E-state index in [9.17, 15) is 14.0 Å². The van der Waals surface area contributed by atoms with Crippen LogP contribution in [0.5, 0.6) is 0 Å². The standard InChI is InChI=1S/C23H15BrFN3O2/c24-16-12-9-15(10-13-16)11-14-21(29)27-28-22(17-5-1-3-7-19(17)25)26-20-8-4-2-6-18(20)23(28)30/h1-14H,(H,27,29)/b14-11+. The molecule has 0 radical (unpaired) electrons. The Kier molecular flexibility index (Phi) is 5.54. The third kappa shape index (κ3) is 4.06. The molecule has 1 amide bonds. The molecule has 148 valence electrons. The first-order chi connectivity index (χ1) is 14.5. The lowest BCUT2D eigenvalue weighted by molar-refractivity contribution is -0.112. The molecule has 4 aromatic rings. The van der Waals surface area contributed by atoms with Gasteiger partial charge in [0.25, 0.3) is 11.5 Å². The van der Waals surface area contributed by atoms with Crippen LogP contribution in [-0.2, 0) is 4.79 Å². The molecule has 1 heterocycles. The lowest BCUT2D eigenvalue weighted by atomic mass is 10.1. The van der Waals surface area contributed by atoms with Gasteiger partial charge in [-0.3, -0.25) is 15.0 Å². The number of amides is 1. The Bertz CT molecular complexity index is 1330. The Morgan fingerprint density at radius 1 is 1.00 bits per heavy atom. The summed E-state index contributed by atoms with van der Waals surface area (Å²) < 4.78 is 16.3. The quantitative estimate of drug-likeness (QED) is 0.444. The van der Waals surface area contributed by atoms with Gasteiger partial charge in [-0.25, -0.2) is 9.37 Å². The number of benzene rings is 3. The van der Waals surface area contributed by atoms with Crippen LogP contribution in [0.2, 0.25) is 0 Å². The van der Waals surface area contributed by atoms with Crippen LogP contribution in [0, 0.1) is 5.82 Å². The van der Waals surface area contributed by atoms with Gasteiger partial charge < -0.3 is 0 Å². The van der Waals surface area contributed by atoms with Crippen LogP contribution < -0.4 is 11.0 Å². The SMILES string of the molecule is O=C(/C=C/c1ccc(Br)cc1)Nn1c(-c2ccccc2F)nc2ccccc2c1=O.